The number of aliphatic hydroxyl groups is 5. The molecule has 9 heteroatoms. The Morgan fingerprint density at radius 1 is 1.22 bits per heavy atom. The van der Waals surface area contributed by atoms with E-state index in [4.69, 9.17) is 36.4 Å². The van der Waals surface area contributed by atoms with Crippen molar-refractivity contribution in [2.45, 2.75) is 37.4 Å². The van der Waals surface area contributed by atoms with E-state index in [1.54, 1.807) is 0 Å². The summed E-state index contributed by atoms with van der Waals surface area (Å²) in [4.78, 5) is 19.5. The number of hydrogen-bond donors (Lipinski definition) is 7. The first-order valence-electron chi connectivity index (χ1n) is 4.95. The summed E-state index contributed by atoms with van der Waals surface area (Å²) in [7, 11) is 0. The Hall–Kier alpha value is -1.10. The molecule has 0 aliphatic carbocycles. The maximum Gasteiger partial charge on any atom is 0.322 e. The van der Waals surface area contributed by atoms with Crippen LogP contribution in [0.1, 0.15) is 6.92 Å². The topological polar surface area (TPSA) is 182 Å². The fourth-order valence-corrected chi connectivity index (χ4v) is 0.646. The predicted octanol–water partition coefficient (Wildman–Crippen LogP) is -3.96. The van der Waals surface area contributed by atoms with Crippen molar-refractivity contribution in [3.8, 4) is 0 Å². The molecule has 18 heavy (non-hydrogen) atoms. The Balaban J connectivity index is 0. The first kappa shape index (κ1) is 19.2. The van der Waals surface area contributed by atoms with E-state index in [0.29, 0.717) is 0 Å². The van der Waals surface area contributed by atoms with Crippen LogP contribution in [0.15, 0.2) is 0 Å². The molecule has 8 N–H and O–H groups in total. The van der Waals surface area contributed by atoms with Crippen LogP contribution in [0.3, 0.4) is 0 Å². The molecule has 0 saturated carbocycles. The summed E-state index contributed by atoms with van der Waals surface area (Å²) in [6.45, 7) is 0.737. The maximum atomic E-state index is 9.87. The fraction of sp³-hybridized carbons (Fsp3) is 0.778. The number of aliphatic carboxylic acids is 1. The molecule has 0 bridgehead atoms. The maximum absolute atomic E-state index is 9.87. The minimum absolute atomic E-state index is 0.0935. The largest absolute Gasteiger partial charge is 0.480 e. The molecule has 0 aliphatic rings. The lowest BCUT2D eigenvalue weighted by Gasteiger charge is -2.21. The van der Waals surface area contributed by atoms with Crippen LogP contribution in [0.25, 0.3) is 0 Å². The normalized spacial score (nSPS) is 18.6. The van der Waals surface area contributed by atoms with Crippen molar-refractivity contribution in [2.75, 3.05) is 6.61 Å². The van der Waals surface area contributed by atoms with E-state index < -0.39 is 43.0 Å². The lowest BCUT2D eigenvalue weighted by molar-refractivity contribution is -0.139. The predicted molar refractivity (Wildman–Crippen MR) is 58.5 cm³/mol. The van der Waals surface area contributed by atoms with Gasteiger partial charge in [0.1, 0.15) is 24.4 Å². The van der Waals surface area contributed by atoms with Crippen LogP contribution in [0, 0.1) is 0 Å². The van der Waals surface area contributed by atoms with Gasteiger partial charge in [0.25, 0.3) is 0 Å². The van der Waals surface area contributed by atoms with Crippen LogP contribution in [-0.4, -0.2) is 80.0 Å². The first-order chi connectivity index (χ1) is 8.18. The molecule has 0 fully saturated rings. The average molecular weight is 269 g/mol. The fourth-order valence-electron chi connectivity index (χ4n) is 0.646. The summed E-state index contributed by atoms with van der Waals surface area (Å²) in [5, 5.41) is 51.0. The Labute approximate surface area is 103 Å². The number of aldehydes is 1. The van der Waals surface area contributed by atoms with E-state index in [2.05, 4.69) is 0 Å². The van der Waals surface area contributed by atoms with Crippen LogP contribution >= 0.6 is 0 Å². The summed E-state index contributed by atoms with van der Waals surface area (Å²) in [6, 6.07) is -1.13. The number of carboxylic acids is 1. The molecular weight excluding hydrogens is 250 g/mol. The number of carbonyl (C=O) groups excluding carboxylic acids is 1. The molecule has 9 nitrogen and oxygen atoms in total. The molecular formula is C9H19NO8. The summed E-state index contributed by atoms with van der Waals surface area (Å²) >= 11 is 0. The van der Waals surface area contributed by atoms with Crippen molar-refractivity contribution in [3.05, 3.63) is 0 Å². The number of rotatable bonds is 6. The van der Waals surface area contributed by atoms with E-state index in [1.165, 1.54) is 6.92 Å². The van der Waals surface area contributed by atoms with E-state index >= 15 is 0 Å². The molecule has 0 aromatic heterocycles. The zero-order valence-electron chi connectivity index (χ0n) is 9.75. The highest BCUT2D eigenvalue weighted by atomic mass is 16.4. The van der Waals surface area contributed by atoms with Crippen molar-refractivity contribution in [3.63, 3.8) is 0 Å². The van der Waals surface area contributed by atoms with E-state index in [0.717, 1.165) is 0 Å². The smallest absolute Gasteiger partial charge is 0.322 e. The standard InChI is InChI=1S/C6H12O5.C3H7NO3/c1-3(8)5(10)6(11)4(9)2-7;4-2(1-5)3(6)7/h2-6,8-11H,1H3;2,5H,1,4H2,(H,6,7)/t3-,4+,5+,6-;2-/m00/s1. The number of carbonyl (C=O) groups is 2. The van der Waals surface area contributed by atoms with Gasteiger partial charge in [0.15, 0.2) is 6.29 Å². The molecule has 0 amide bonds. The third kappa shape index (κ3) is 8.06. The summed E-state index contributed by atoms with van der Waals surface area (Å²) < 4.78 is 0. The van der Waals surface area contributed by atoms with E-state index in [9.17, 15) is 9.59 Å². The number of hydrogen-bond acceptors (Lipinski definition) is 8. The van der Waals surface area contributed by atoms with Gasteiger partial charge in [-0.05, 0) is 6.92 Å². The third-order valence-electron chi connectivity index (χ3n) is 1.85. The number of aliphatic hydroxyl groups excluding tert-OH is 5. The number of nitrogens with two attached hydrogens (primary N) is 1. The van der Waals surface area contributed by atoms with Gasteiger partial charge in [-0.1, -0.05) is 0 Å². The molecule has 0 aliphatic heterocycles. The van der Waals surface area contributed by atoms with Crippen LogP contribution in [0.2, 0.25) is 0 Å². The Morgan fingerprint density at radius 2 is 1.67 bits per heavy atom. The molecule has 5 atom stereocenters. The second-order valence-corrected chi connectivity index (χ2v) is 3.48. The zero-order chi connectivity index (χ0) is 14.9. The minimum Gasteiger partial charge on any atom is -0.480 e. The van der Waals surface area contributed by atoms with Crippen molar-refractivity contribution >= 4 is 12.3 Å². The average Bonchev–Trinajstić information content (AvgIpc) is 2.35. The van der Waals surface area contributed by atoms with Crippen LogP contribution in [0.4, 0.5) is 0 Å². The quantitative estimate of drug-likeness (QED) is 0.236. The molecule has 0 rings (SSSR count). The molecule has 0 aromatic rings. The highest BCUT2D eigenvalue weighted by Gasteiger charge is 2.27. The van der Waals surface area contributed by atoms with Gasteiger partial charge in [0.05, 0.1) is 12.7 Å². The van der Waals surface area contributed by atoms with E-state index in [-0.39, 0.29) is 6.29 Å². The molecule has 0 unspecified atom stereocenters. The van der Waals surface area contributed by atoms with Gasteiger partial charge in [0.2, 0.25) is 0 Å². The second kappa shape index (κ2) is 9.88. The monoisotopic (exact) mass is 269 g/mol. The van der Waals surface area contributed by atoms with Gasteiger partial charge in [-0.15, -0.1) is 0 Å². The SMILES string of the molecule is C[C@H](O)[C@@H](O)[C@@H](O)[C@H](O)C=O.N[C@@H](CO)C(=O)O. The van der Waals surface area contributed by atoms with Crippen molar-refractivity contribution < 1.29 is 40.2 Å². The Morgan fingerprint density at radius 3 is 1.83 bits per heavy atom. The van der Waals surface area contributed by atoms with Crippen LogP contribution in [-0.2, 0) is 9.59 Å². The minimum atomic E-state index is -1.65. The summed E-state index contributed by atoms with van der Waals surface area (Å²) in [6.07, 6.45) is -5.88. The van der Waals surface area contributed by atoms with Crippen molar-refractivity contribution in [1.29, 1.82) is 0 Å². The van der Waals surface area contributed by atoms with Gasteiger partial charge < -0.3 is 41.2 Å². The Kier molecular flexibility index (Phi) is 10.6. The highest BCUT2D eigenvalue weighted by molar-refractivity contribution is 5.73. The zero-order valence-corrected chi connectivity index (χ0v) is 9.75. The second-order valence-electron chi connectivity index (χ2n) is 3.48. The third-order valence-corrected chi connectivity index (χ3v) is 1.85. The van der Waals surface area contributed by atoms with E-state index in [1.807, 2.05) is 0 Å². The van der Waals surface area contributed by atoms with Gasteiger partial charge >= 0.3 is 5.97 Å². The molecule has 0 radical (unpaired) electrons. The van der Waals surface area contributed by atoms with Crippen LogP contribution < -0.4 is 5.73 Å². The van der Waals surface area contributed by atoms with Gasteiger partial charge in [-0.3, -0.25) is 4.79 Å². The summed E-state index contributed by atoms with van der Waals surface area (Å²) in [5.41, 5.74) is 4.77. The van der Waals surface area contributed by atoms with Crippen molar-refractivity contribution in [1.82, 2.24) is 0 Å². The molecule has 0 aromatic carbocycles. The molecule has 0 spiro atoms. The van der Waals surface area contributed by atoms with Gasteiger partial charge in [0, 0.05) is 0 Å². The number of carboxylic acid groups (broad SMARTS) is 1. The molecule has 0 saturated heterocycles. The summed E-state index contributed by atoms with van der Waals surface area (Å²) in [5.74, 6) is -1.18. The highest BCUT2D eigenvalue weighted by Crippen LogP contribution is 2.02. The Bertz CT molecular complexity index is 247. The molecule has 108 valence electrons. The molecule has 0 heterocycles. The first-order valence-corrected chi connectivity index (χ1v) is 4.95. The lowest BCUT2D eigenvalue weighted by Crippen LogP contribution is -2.43. The van der Waals surface area contributed by atoms with Gasteiger partial charge in [-0.2, -0.15) is 0 Å². The lowest BCUT2D eigenvalue weighted by atomic mass is 10.1. The van der Waals surface area contributed by atoms with Crippen LogP contribution in [0.5, 0.6) is 0 Å². The van der Waals surface area contributed by atoms with Gasteiger partial charge in [-0.25, -0.2) is 0 Å². The van der Waals surface area contributed by atoms with Crippen molar-refractivity contribution in [2.24, 2.45) is 5.73 Å².